The Kier molecular flexibility index (Phi) is 4.20. The minimum Gasteiger partial charge on any atom is -0.461 e. The molecule has 72 valence electrons. The second-order valence-corrected chi connectivity index (χ2v) is 3.10. The van der Waals surface area contributed by atoms with E-state index in [1.165, 1.54) is 6.92 Å². The first kappa shape index (κ1) is 11.4. The first-order valence-electron chi connectivity index (χ1n) is 4.07. The first-order valence-corrected chi connectivity index (χ1v) is 4.07. The van der Waals surface area contributed by atoms with E-state index in [-0.39, 0.29) is 12.6 Å². The maximum absolute atomic E-state index is 11.1. The SMILES string of the molecule is CCC(C)OC(=O)C(C)(O)CN. The number of carbonyl (C=O) groups is 1. The molecule has 0 aliphatic carbocycles. The van der Waals surface area contributed by atoms with Gasteiger partial charge in [-0.2, -0.15) is 0 Å². The summed E-state index contributed by atoms with van der Waals surface area (Å²) in [5.41, 5.74) is 3.62. The summed E-state index contributed by atoms with van der Waals surface area (Å²) in [4.78, 5) is 11.1. The van der Waals surface area contributed by atoms with Crippen molar-refractivity contribution in [3.05, 3.63) is 0 Å². The molecule has 0 rings (SSSR count). The quantitative estimate of drug-likeness (QED) is 0.592. The van der Waals surface area contributed by atoms with Crippen LogP contribution in [-0.2, 0) is 9.53 Å². The summed E-state index contributed by atoms with van der Waals surface area (Å²) in [6, 6.07) is 0. The molecule has 0 aromatic rings. The van der Waals surface area contributed by atoms with Crippen molar-refractivity contribution < 1.29 is 14.6 Å². The molecule has 0 spiro atoms. The van der Waals surface area contributed by atoms with Crippen molar-refractivity contribution in [2.75, 3.05) is 6.54 Å². The molecule has 0 aliphatic rings. The minimum atomic E-state index is -1.55. The smallest absolute Gasteiger partial charge is 0.339 e. The van der Waals surface area contributed by atoms with Gasteiger partial charge in [0.1, 0.15) is 0 Å². The Bertz CT molecular complexity index is 156. The van der Waals surface area contributed by atoms with Gasteiger partial charge in [0.05, 0.1) is 6.10 Å². The van der Waals surface area contributed by atoms with Gasteiger partial charge >= 0.3 is 5.97 Å². The van der Waals surface area contributed by atoms with E-state index in [0.29, 0.717) is 0 Å². The van der Waals surface area contributed by atoms with Crippen molar-refractivity contribution in [1.82, 2.24) is 0 Å². The summed E-state index contributed by atoms with van der Waals surface area (Å²) < 4.78 is 4.89. The number of esters is 1. The predicted molar refractivity (Wildman–Crippen MR) is 45.5 cm³/mol. The Labute approximate surface area is 72.7 Å². The van der Waals surface area contributed by atoms with Crippen LogP contribution in [0.4, 0.5) is 0 Å². The Morgan fingerprint density at radius 1 is 1.75 bits per heavy atom. The van der Waals surface area contributed by atoms with Crippen LogP contribution < -0.4 is 5.73 Å². The fourth-order valence-electron chi connectivity index (χ4n) is 0.476. The predicted octanol–water partition coefficient (Wildman–Crippen LogP) is 0.0378. The van der Waals surface area contributed by atoms with Crippen LogP contribution in [0.25, 0.3) is 0 Å². The fraction of sp³-hybridized carbons (Fsp3) is 0.875. The van der Waals surface area contributed by atoms with Gasteiger partial charge in [0.2, 0.25) is 0 Å². The van der Waals surface area contributed by atoms with E-state index >= 15 is 0 Å². The summed E-state index contributed by atoms with van der Waals surface area (Å²) in [5, 5.41) is 9.34. The standard InChI is InChI=1S/C8H17NO3/c1-4-6(2)12-7(10)8(3,11)5-9/h6,11H,4-5,9H2,1-3H3. The molecule has 0 radical (unpaired) electrons. The molecule has 2 unspecified atom stereocenters. The van der Waals surface area contributed by atoms with Crippen molar-refractivity contribution in [2.45, 2.75) is 38.9 Å². The Morgan fingerprint density at radius 2 is 2.25 bits per heavy atom. The fourth-order valence-corrected chi connectivity index (χ4v) is 0.476. The van der Waals surface area contributed by atoms with Crippen LogP contribution in [0.5, 0.6) is 0 Å². The highest BCUT2D eigenvalue weighted by Gasteiger charge is 2.31. The largest absolute Gasteiger partial charge is 0.461 e. The van der Waals surface area contributed by atoms with Crippen molar-refractivity contribution in [1.29, 1.82) is 0 Å². The molecule has 0 saturated carbocycles. The lowest BCUT2D eigenvalue weighted by molar-refractivity contribution is -0.167. The van der Waals surface area contributed by atoms with Crippen LogP contribution in [0.1, 0.15) is 27.2 Å². The highest BCUT2D eigenvalue weighted by Crippen LogP contribution is 2.07. The van der Waals surface area contributed by atoms with Gasteiger partial charge in [0, 0.05) is 6.54 Å². The molecule has 0 fully saturated rings. The van der Waals surface area contributed by atoms with Gasteiger partial charge in [-0.3, -0.25) is 0 Å². The van der Waals surface area contributed by atoms with Crippen molar-refractivity contribution in [2.24, 2.45) is 5.73 Å². The van der Waals surface area contributed by atoms with Gasteiger partial charge in [-0.05, 0) is 20.3 Å². The highest BCUT2D eigenvalue weighted by atomic mass is 16.6. The molecule has 0 aromatic heterocycles. The second-order valence-electron chi connectivity index (χ2n) is 3.10. The van der Waals surface area contributed by atoms with Crippen molar-refractivity contribution in [3.63, 3.8) is 0 Å². The highest BCUT2D eigenvalue weighted by molar-refractivity contribution is 5.79. The van der Waals surface area contributed by atoms with E-state index in [2.05, 4.69) is 0 Å². The number of hydrogen-bond donors (Lipinski definition) is 2. The maximum Gasteiger partial charge on any atom is 0.339 e. The van der Waals surface area contributed by atoms with Gasteiger partial charge in [0.25, 0.3) is 0 Å². The van der Waals surface area contributed by atoms with E-state index in [4.69, 9.17) is 10.5 Å². The van der Waals surface area contributed by atoms with Crippen molar-refractivity contribution >= 4 is 5.97 Å². The maximum atomic E-state index is 11.1. The molecule has 0 aliphatic heterocycles. The van der Waals surface area contributed by atoms with Gasteiger partial charge in [-0.25, -0.2) is 4.79 Å². The number of aliphatic hydroxyl groups is 1. The molecule has 3 N–H and O–H groups in total. The molecule has 0 heterocycles. The molecule has 4 nitrogen and oxygen atoms in total. The summed E-state index contributed by atoms with van der Waals surface area (Å²) in [7, 11) is 0. The summed E-state index contributed by atoms with van der Waals surface area (Å²) in [6.07, 6.45) is 0.558. The lowest BCUT2D eigenvalue weighted by Gasteiger charge is -2.21. The number of hydrogen-bond acceptors (Lipinski definition) is 4. The zero-order valence-electron chi connectivity index (χ0n) is 7.83. The third kappa shape index (κ3) is 3.19. The number of carbonyl (C=O) groups excluding carboxylic acids is 1. The summed E-state index contributed by atoms with van der Waals surface area (Å²) >= 11 is 0. The Hall–Kier alpha value is -0.610. The third-order valence-corrected chi connectivity index (χ3v) is 1.72. The molecule has 0 bridgehead atoms. The molecular formula is C8H17NO3. The lowest BCUT2D eigenvalue weighted by Crippen LogP contribution is -2.44. The summed E-state index contributed by atoms with van der Waals surface area (Å²) in [5.74, 6) is -0.653. The van der Waals surface area contributed by atoms with Gasteiger partial charge in [-0.1, -0.05) is 6.92 Å². The van der Waals surface area contributed by atoms with E-state index in [1.807, 2.05) is 6.92 Å². The van der Waals surface area contributed by atoms with Gasteiger partial charge in [0.15, 0.2) is 5.60 Å². The third-order valence-electron chi connectivity index (χ3n) is 1.72. The molecular weight excluding hydrogens is 158 g/mol. The van der Waals surface area contributed by atoms with Gasteiger partial charge < -0.3 is 15.6 Å². The second kappa shape index (κ2) is 4.42. The van der Waals surface area contributed by atoms with E-state index in [0.717, 1.165) is 6.42 Å². The van der Waals surface area contributed by atoms with Crippen LogP contribution in [0.3, 0.4) is 0 Å². The number of rotatable bonds is 4. The monoisotopic (exact) mass is 175 g/mol. The first-order chi connectivity index (χ1) is 5.44. The van der Waals surface area contributed by atoms with Crippen LogP contribution in [-0.4, -0.2) is 29.3 Å². The van der Waals surface area contributed by atoms with Crippen LogP contribution in [0.15, 0.2) is 0 Å². The van der Waals surface area contributed by atoms with Crippen LogP contribution in [0.2, 0.25) is 0 Å². The van der Waals surface area contributed by atoms with Gasteiger partial charge in [-0.15, -0.1) is 0 Å². The van der Waals surface area contributed by atoms with E-state index < -0.39 is 11.6 Å². The molecule has 2 atom stereocenters. The molecule has 0 saturated heterocycles. The molecule has 4 heteroatoms. The van der Waals surface area contributed by atoms with Crippen LogP contribution >= 0.6 is 0 Å². The van der Waals surface area contributed by atoms with Crippen LogP contribution in [0, 0.1) is 0 Å². The number of ether oxygens (including phenoxy) is 1. The average Bonchev–Trinajstić information content (AvgIpc) is 2.04. The summed E-state index contributed by atoms with van der Waals surface area (Å²) in [6.45, 7) is 4.89. The Morgan fingerprint density at radius 3 is 2.58 bits per heavy atom. The number of nitrogens with two attached hydrogens (primary N) is 1. The topological polar surface area (TPSA) is 72.5 Å². The lowest BCUT2D eigenvalue weighted by atomic mass is 10.1. The normalized spacial score (nSPS) is 18.1. The van der Waals surface area contributed by atoms with E-state index in [1.54, 1.807) is 6.92 Å². The zero-order chi connectivity index (χ0) is 9.78. The van der Waals surface area contributed by atoms with Crippen molar-refractivity contribution in [3.8, 4) is 0 Å². The zero-order valence-corrected chi connectivity index (χ0v) is 7.83. The molecule has 0 aromatic carbocycles. The molecule has 12 heavy (non-hydrogen) atoms. The molecule has 0 amide bonds. The minimum absolute atomic E-state index is 0.123. The Balaban J connectivity index is 4.03. The van der Waals surface area contributed by atoms with E-state index in [9.17, 15) is 9.90 Å². The average molecular weight is 175 g/mol.